The second-order valence-corrected chi connectivity index (χ2v) is 15.3. The van der Waals surface area contributed by atoms with Gasteiger partial charge in [-0.05, 0) is 97.8 Å². The van der Waals surface area contributed by atoms with Crippen molar-refractivity contribution in [1.29, 1.82) is 0 Å². The minimum atomic E-state index is -0.554. The van der Waals surface area contributed by atoms with Gasteiger partial charge in [0.2, 0.25) is 11.8 Å². The van der Waals surface area contributed by atoms with Crippen LogP contribution in [-0.4, -0.2) is 93.4 Å². The molecule has 2 atom stereocenters. The summed E-state index contributed by atoms with van der Waals surface area (Å²) in [5.41, 5.74) is 12.7. The Bertz CT molecular complexity index is 2170. The van der Waals surface area contributed by atoms with Crippen LogP contribution in [0.3, 0.4) is 0 Å². The van der Waals surface area contributed by atoms with Crippen molar-refractivity contribution in [3.8, 4) is 22.6 Å². The molecule has 2 aromatic heterocycles. The number of carbonyl (C=O) groups excluding carboxylic acids is 2. The van der Waals surface area contributed by atoms with Gasteiger partial charge in [-0.25, -0.2) is 9.37 Å². The summed E-state index contributed by atoms with van der Waals surface area (Å²) in [6.45, 7) is 10.1. The number of nitrogen functional groups attached to an aromatic ring is 1. The van der Waals surface area contributed by atoms with Crippen molar-refractivity contribution in [2.75, 3.05) is 61.8 Å². The van der Waals surface area contributed by atoms with Gasteiger partial charge in [0.1, 0.15) is 18.0 Å². The molecule has 3 saturated heterocycles. The van der Waals surface area contributed by atoms with Crippen molar-refractivity contribution in [1.82, 2.24) is 35.1 Å². The minimum Gasteiger partial charge on any atom is -0.482 e. The quantitative estimate of drug-likeness (QED) is 0.139. The van der Waals surface area contributed by atoms with Gasteiger partial charge in [0, 0.05) is 87.5 Å². The molecule has 5 aromatic rings. The smallest absolute Gasteiger partial charge is 0.249 e. The SMILES string of the molecule is C[C@@H](Oc1cc(-c2cccc(CN3CCN(CC4CCN(c5ccc(NC6CCC(=O)NC6=O)cc5)CC4)CC3)c2)cnc1N)c1cc(F)ccc1-n1nccn1. The maximum Gasteiger partial charge on any atom is 0.249 e. The fraction of sp³-hybridized carbons (Fsp3) is 0.372. The third-order valence-corrected chi connectivity index (χ3v) is 11.3. The zero-order chi connectivity index (χ0) is 39.3. The van der Waals surface area contributed by atoms with Crippen LogP contribution in [0.5, 0.6) is 5.75 Å². The van der Waals surface area contributed by atoms with Gasteiger partial charge < -0.3 is 25.6 Å². The maximum atomic E-state index is 14.3. The van der Waals surface area contributed by atoms with E-state index in [1.807, 2.05) is 25.1 Å². The van der Waals surface area contributed by atoms with Crippen LogP contribution >= 0.6 is 0 Å². The Kier molecular flexibility index (Phi) is 11.4. The molecule has 0 bridgehead atoms. The van der Waals surface area contributed by atoms with E-state index in [9.17, 15) is 14.0 Å². The van der Waals surface area contributed by atoms with Crippen LogP contribution in [0.15, 0.2) is 91.4 Å². The van der Waals surface area contributed by atoms with Gasteiger partial charge >= 0.3 is 0 Å². The molecule has 296 valence electrons. The summed E-state index contributed by atoms with van der Waals surface area (Å²) in [6.07, 6.45) is 7.57. The number of anilines is 3. The summed E-state index contributed by atoms with van der Waals surface area (Å²) < 4.78 is 20.6. The highest BCUT2D eigenvalue weighted by Gasteiger charge is 2.27. The largest absolute Gasteiger partial charge is 0.482 e. The molecular weight excluding hydrogens is 724 g/mol. The van der Waals surface area contributed by atoms with Gasteiger partial charge in [0.15, 0.2) is 11.6 Å². The number of benzene rings is 3. The van der Waals surface area contributed by atoms with E-state index in [4.69, 9.17) is 10.5 Å². The summed E-state index contributed by atoms with van der Waals surface area (Å²) in [7, 11) is 0. The number of imide groups is 1. The molecule has 1 unspecified atom stereocenters. The maximum absolute atomic E-state index is 14.3. The van der Waals surface area contributed by atoms with E-state index < -0.39 is 6.10 Å². The van der Waals surface area contributed by atoms with Crippen LogP contribution in [0.2, 0.25) is 0 Å². The van der Waals surface area contributed by atoms with Crippen LogP contribution in [0.1, 0.15) is 49.8 Å². The molecule has 0 spiro atoms. The standard InChI is InChI=1S/C43H49FN10O3/c1-29(37-25-34(44)5-11-39(37)54-47-15-16-48-54)57-40-24-33(26-46-42(40)45)32-4-2-3-31(23-32)28-52-21-19-51(20-22-52)27-30-13-17-53(18-14-30)36-8-6-35(7-9-36)49-38-10-12-41(55)50-43(38)56/h2-9,11,15-16,23-26,29-30,38,49H,10,12-14,17-22,27-28H2,1H3,(H2,45,46)(H,50,55,56)/t29-,38?/m1/s1. The number of halogens is 1. The highest BCUT2D eigenvalue weighted by atomic mass is 19.1. The monoisotopic (exact) mass is 772 g/mol. The topological polar surface area (TPSA) is 147 Å². The number of rotatable bonds is 12. The Morgan fingerprint density at radius 1 is 0.895 bits per heavy atom. The summed E-state index contributed by atoms with van der Waals surface area (Å²) in [6, 6.07) is 22.8. The molecule has 57 heavy (non-hydrogen) atoms. The molecule has 3 aliphatic heterocycles. The highest BCUT2D eigenvalue weighted by molar-refractivity contribution is 6.01. The van der Waals surface area contributed by atoms with Crippen molar-refractivity contribution in [2.45, 2.75) is 51.3 Å². The lowest BCUT2D eigenvalue weighted by Gasteiger charge is -2.39. The molecule has 4 N–H and O–H groups in total. The summed E-state index contributed by atoms with van der Waals surface area (Å²) in [5.74, 6) is 0.531. The number of pyridine rings is 1. The first-order chi connectivity index (χ1) is 27.7. The Labute approximate surface area is 332 Å². The van der Waals surface area contributed by atoms with Gasteiger partial charge in [0.25, 0.3) is 0 Å². The van der Waals surface area contributed by atoms with E-state index in [0.717, 1.165) is 69.2 Å². The van der Waals surface area contributed by atoms with Crippen molar-refractivity contribution >= 4 is 29.0 Å². The molecular formula is C43H49FN10O3. The van der Waals surface area contributed by atoms with Gasteiger partial charge in [-0.3, -0.25) is 19.8 Å². The first kappa shape index (κ1) is 38.0. The molecule has 5 heterocycles. The summed E-state index contributed by atoms with van der Waals surface area (Å²) in [5, 5.41) is 14.1. The lowest BCUT2D eigenvalue weighted by molar-refractivity contribution is -0.133. The van der Waals surface area contributed by atoms with Crippen LogP contribution in [0, 0.1) is 11.7 Å². The number of aromatic nitrogens is 4. The normalized spacial score (nSPS) is 19.0. The number of hydrogen-bond donors (Lipinski definition) is 3. The molecule has 8 rings (SSSR count). The fourth-order valence-corrected chi connectivity index (χ4v) is 8.11. The van der Waals surface area contributed by atoms with E-state index in [1.165, 1.54) is 41.0 Å². The number of carbonyl (C=O) groups is 2. The van der Waals surface area contributed by atoms with Gasteiger partial charge in [-0.15, -0.1) is 0 Å². The van der Waals surface area contributed by atoms with Crippen LogP contribution in [-0.2, 0) is 16.1 Å². The number of piperazine rings is 1. The van der Waals surface area contributed by atoms with E-state index in [-0.39, 0.29) is 29.5 Å². The van der Waals surface area contributed by atoms with E-state index >= 15 is 0 Å². The summed E-state index contributed by atoms with van der Waals surface area (Å²) in [4.78, 5) is 37.1. The zero-order valence-electron chi connectivity index (χ0n) is 32.2. The van der Waals surface area contributed by atoms with Gasteiger partial charge in [-0.1, -0.05) is 18.2 Å². The lowest BCUT2D eigenvalue weighted by Crippen LogP contribution is -2.48. The average Bonchev–Trinajstić information content (AvgIpc) is 3.76. The van der Waals surface area contributed by atoms with Crippen molar-refractivity contribution in [2.24, 2.45) is 5.92 Å². The second kappa shape index (κ2) is 17.1. The third-order valence-electron chi connectivity index (χ3n) is 11.3. The fourth-order valence-electron chi connectivity index (χ4n) is 8.11. The number of nitrogens with two attached hydrogens (primary N) is 1. The molecule has 0 radical (unpaired) electrons. The first-order valence-corrected chi connectivity index (χ1v) is 19.8. The zero-order valence-corrected chi connectivity index (χ0v) is 32.2. The number of ether oxygens (including phenoxy) is 1. The van der Waals surface area contributed by atoms with Crippen LogP contribution in [0.4, 0.5) is 21.6 Å². The number of hydrogen-bond acceptors (Lipinski definition) is 11. The predicted molar refractivity (Wildman–Crippen MR) is 217 cm³/mol. The highest BCUT2D eigenvalue weighted by Crippen LogP contribution is 2.33. The first-order valence-electron chi connectivity index (χ1n) is 19.8. The van der Waals surface area contributed by atoms with E-state index in [2.05, 4.69) is 76.9 Å². The Balaban J connectivity index is 0.804. The molecule has 0 aliphatic carbocycles. The second-order valence-electron chi connectivity index (χ2n) is 15.3. The molecule has 3 fully saturated rings. The van der Waals surface area contributed by atoms with Crippen molar-refractivity contribution in [3.05, 3.63) is 108 Å². The molecule has 14 heteroatoms. The van der Waals surface area contributed by atoms with Gasteiger partial charge in [-0.2, -0.15) is 15.0 Å². The molecule has 2 amide bonds. The predicted octanol–water partition coefficient (Wildman–Crippen LogP) is 5.44. The van der Waals surface area contributed by atoms with Crippen molar-refractivity contribution < 1.29 is 18.7 Å². The van der Waals surface area contributed by atoms with E-state index in [1.54, 1.807) is 24.7 Å². The molecule has 3 aromatic carbocycles. The van der Waals surface area contributed by atoms with Crippen molar-refractivity contribution in [3.63, 3.8) is 0 Å². The van der Waals surface area contributed by atoms with Gasteiger partial charge in [0.05, 0.1) is 18.1 Å². The summed E-state index contributed by atoms with van der Waals surface area (Å²) >= 11 is 0. The number of nitrogens with one attached hydrogen (secondary N) is 2. The van der Waals surface area contributed by atoms with Crippen LogP contribution in [0.25, 0.3) is 16.8 Å². The lowest BCUT2D eigenvalue weighted by atomic mass is 9.95. The Morgan fingerprint density at radius 2 is 1.65 bits per heavy atom. The molecule has 13 nitrogen and oxygen atoms in total. The van der Waals surface area contributed by atoms with E-state index in [0.29, 0.717) is 35.8 Å². The number of nitrogens with zero attached hydrogens (tertiary/aromatic N) is 7. The number of amides is 2. The third kappa shape index (κ3) is 9.24. The Morgan fingerprint density at radius 3 is 2.40 bits per heavy atom. The molecule has 3 aliphatic rings. The molecule has 0 saturated carbocycles. The average molecular weight is 773 g/mol. The number of piperidine rings is 2. The Hall–Kier alpha value is -5.86. The minimum absolute atomic E-state index is 0.203. The van der Waals surface area contributed by atoms with Crippen LogP contribution < -0.4 is 26.0 Å².